The lowest BCUT2D eigenvalue weighted by Gasteiger charge is -2.67. The minimum atomic E-state index is -2.35. The van der Waals surface area contributed by atoms with Gasteiger partial charge in [0, 0.05) is 25.2 Å². The van der Waals surface area contributed by atoms with E-state index in [0.717, 1.165) is 6.92 Å². The van der Waals surface area contributed by atoms with Gasteiger partial charge < -0.3 is 49.4 Å². The van der Waals surface area contributed by atoms with Crippen molar-refractivity contribution in [1.82, 2.24) is 5.32 Å². The summed E-state index contributed by atoms with van der Waals surface area (Å²) in [6.45, 7) is 11.8. The average Bonchev–Trinajstić information content (AvgIpc) is 3.14. The highest BCUT2D eigenvalue weighted by atomic mass is 16.6. The van der Waals surface area contributed by atoms with Crippen molar-refractivity contribution in [3.63, 3.8) is 0 Å². The predicted molar refractivity (Wildman–Crippen MR) is 204 cm³/mol. The molecule has 3 fully saturated rings. The van der Waals surface area contributed by atoms with Crippen molar-refractivity contribution in [2.24, 2.45) is 16.7 Å². The Balaban J connectivity index is 1.49. The fraction of sp³-hybridized carbons (Fsp3) is 0.558. The van der Waals surface area contributed by atoms with E-state index in [4.69, 9.17) is 23.7 Å². The van der Waals surface area contributed by atoms with E-state index in [0.29, 0.717) is 5.56 Å². The maximum Gasteiger partial charge on any atom is 0.408 e. The van der Waals surface area contributed by atoms with Gasteiger partial charge in [-0.1, -0.05) is 62.4 Å². The van der Waals surface area contributed by atoms with Crippen molar-refractivity contribution < 1.29 is 68.1 Å². The number of hydrogen-bond donors (Lipinski definition) is 5. The van der Waals surface area contributed by atoms with Gasteiger partial charge in [0.25, 0.3) is 0 Å². The first kappa shape index (κ1) is 42.9. The summed E-state index contributed by atoms with van der Waals surface area (Å²) < 4.78 is 29.5. The van der Waals surface area contributed by atoms with Crippen molar-refractivity contribution in [3.05, 3.63) is 82.9 Å². The first-order valence-electron chi connectivity index (χ1n) is 19.3. The van der Waals surface area contributed by atoms with E-state index >= 15 is 0 Å². The molecule has 2 aromatic rings. The van der Waals surface area contributed by atoms with Gasteiger partial charge in [-0.3, -0.25) is 9.59 Å². The zero-order chi connectivity index (χ0) is 42.7. The summed E-state index contributed by atoms with van der Waals surface area (Å²) in [6, 6.07) is 14.6. The Kier molecular flexibility index (Phi) is 11.2. The number of rotatable bonds is 8. The molecular formula is C43H53NO14. The van der Waals surface area contributed by atoms with Crippen LogP contribution in [0.15, 0.2) is 71.8 Å². The van der Waals surface area contributed by atoms with Gasteiger partial charge in [-0.2, -0.15) is 0 Å². The number of alkyl carbamates (subject to hydrolysis) is 1. The number of Topliss-reactive ketones (excluding diaryl/α,β-unsaturated/α-hetero) is 1. The number of ketones is 1. The molecule has 2 bridgehead atoms. The van der Waals surface area contributed by atoms with Gasteiger partial charge in [-0.15, -0.1) is 0 Å². The van der Waals surface area contributed by atoms with E-state index in [1.165, 1.54) is 26.0 Å². The van der Waals surface area contributed by atoms with Gasteiger partial charge >= 0.3 is 24.0 Å². The highest BCUT2D eigenvalue weighted by Gasteiger charge is 2.78. The number of aliphatic hydroxyl groups excluding tert-OH is 3. The number of amides is 1. The minimum Gasteiger partial charge on any atom is -0.456 e. The summed E-state index contributed by atoms with van der Waals surface area (Å²) in [6.07, 6.45) is -11.5. The zero-order valence-corrected chi connectivity index (χ0v) is 33.9. The molecular weight excluding hydrogens is 754 g/mol. The Hall–Kier alpha value is -4.67. The highest BCUT2D eigenvalue weighted by Crippen LogP contribution is 2.64. The third kappa shape index (κ3) is 7.10. The van der Waals surface area contributed by atoms with Crippen LogP contribution < -0.4 is 5.32 Å². The Morgan fingerprint density at radius 3 is 2.10 bits per heavy atom. The van der Waals surface area contributed by atoms with Crippen LogP contribution in [0.5, 0.6) is 0 Å². The predicted octanol–water partition coefficient (Wildman–Crippen LogP) is 3.26. The van der Waals surface area contributed by atoms with Gasteiger partial charge in [0.1, 0.15) is 35.6 Å². The van der Waals surface area contributed by atoms with E-state index in [1.54, 1.807) is 83.1 Å². The second kappa shape index (κ2) is 15.2. The maximum absolute atomic E-state index is 14.9. The van der Waals surface area contributed by atoms with Gasteiger partial charge in [-0.05, 0) is 63.5 Å². The Bertz CT molecular complexity index is 1980. The summed E-state index contributed by atoms with van der Waals surface area (Å²) in [5.74, 6) is -5.36. The molecule has 6 rings (SSSR count). The number of benzene rings is 2. The van der Waals surface area contributed by atoms with Gasteiger partial charge in [0.05, 0.1) is 35.6 Å². The second-order valence-electron chi connectivity index (χ2n) is 17.6. The van der Waals surface area contributed by atoms with Crippen LogP contribution in [0, 0.1) is 16.7 Å². The fourth-order valence-electron chi connectivity index (χ4n) is 9.56. The van der Waals surface area contributed by atoms with E-state index in [9.17, 15) is 44.4 Å². The Morgan fingerprint density at radius 1 is 0.948 bits per heavy atom. The van der Waals surface area contributed by atoms with E-state index in [2.05, 4.69) is 5.32 Å². The van der Waals surface area contributed by atoms with Crippen molar-refractivity contribution in [1.29, 1.82) is 0 Å². The monoisotopic (exact) mass is 807 g/mol. The van der Waals surface area contributed by atoms with Crippen LogP contribution in [0.1, 0.15) is 90.2 Å². The third-order valence-corrected chi connectivity index (χ3v) is 12.6. The van der Waals surface area contributed by atoms with Crippen molar-refractivity contribution in [2.75, 3.05) is 6.61 Å². The molecule has 1 amide bonds. The molecule has 1 heterocycles. The molecule has 58 heavy (non-hydrogen) atoms. The smallest absolute Gasteiger partial charge is 0.408 e. The molecule has 2 aromatic carbocycles. The third-order valence-electron chi connectivity index (χ3n) is 12.6. The van der Waals surface area contributed by atoms with Gasteiger partial charge in [0.2, 0.25) is 0 Å². The summed E-state index contributed by atoms with van der Waals surface area (Å²) in [5.41, 5.74) is -8.14. The van der Waals surface area contributed by atoms with Crippen molar-refractivity contribution >= 4 is 29.8 Å². The number of esters is 3. The van der Waals surface area contributed by atoms with Crippen LogP contribution in [-0.4, -0.2) is 110 Å². The van der Waals surface area contributed by atoms with Crippen LogP contribution in [0.4, 0.5) is 4.79 Å². The molecule has 4 aliphatic rings. The molecule has 0 spiro atoms. The summed E-state index contributed by atoms with van der Waals surface area (Å²) in [4.78, 5) is 68.9. The molecule has 15 heteroatoms. The average molecular weight is 808 g/mol. The molecule has 0 radical (unpaired) electrons. The molecule has 0 aromatic heterocycles. The molecule has 2 saturated carbocycles. The molecule has 3 aliphatic carbocycles. The first-order valence-corrected chi connectivity index (χ1v) is 19.3. The lowest BCUT2D eigenvalue weighted by atomic mass is 9.44. The normalized spacial score (nSPS) is 33.7. The Morgan fingerprint density at radius 2 is 1.55 bits per heavy atom. The topological polar surface area (TPSA) is 224 Å². The molecule has 5 N–H and O–H groups in total. The van der Waals surface area contributed by atoms with E-state index in [1.807, 2.05) is 0 Å². The lowest BCUT2D eigenvalue weighted by Crippen LogP contribution is -2.81. The van der Waals surface area contributed by atoms with Gasteiger partial charge in [0.15, 0.2) is 17.5 Å². The number of hydrogen-bond acceptors (Lipinski definition) is 14. The fourth-order valence-corrected chi connectivity index (χ4v) is 9.56. The number of carbonyl (C=O) groups is 5. The summed E-state index contributed by atoms with van der Waals surface area (Å²) in [5, 5.41) is 51.6. The number of fused-ring (bicyclic) bond motifs is 5. The lowest BCUT2D eigenvalue weighted by molar-refractivity contribution is -0.346. The summed E-state index contributed by atoms with van der Waals surface area (Å²) >= 11 is 0. The molecule has 11 atom stereocenters. The van der Waals surface area contributed by atoms with Crippen LogP contribution in [0.25, 0.3) is 0 Å². The number of nitrogens with one attached hydrogen (secondary N) is 1. The van der Waals surface area contributed by atoms with Crippen molar-refractivity contribution in [2.45, 2.75) is 128 Å². The van der Waals surface area contributed by atoms with Crippen molar-refractivity contribution in [3.8, 4) is 0 Å². The SMILES string of the molecule is CC(=O)O[C@@]12CO[C@@H]1C[C@H](O)[C@@]1(C)C(=O)[C@H](O)C3=C(C)[C@@H](OC(=O)C(O)[C@@H](NC(=O)OC(C)(C)C)c4ccccc4)C[C@](O)(C(OC(=O)c4ccccc4)[C@H]21)C3(C)C. The molecule has 15 nitrogen and oxygen atoms in total. The molecule has 1 saturated heterocycles. The zero-order valence-electron chi connectivity index (χ0n) is 33.9. The number of carbonyl (C=O) groups excluding carboxylic acids is 5. The quantitative estimate of drug-likeness (QED) is 0.147. The molecule has 314 valence electrons. The maximum atomic E-state index is 14.9. The molecule has 2 unspecified atom stereocenters. The van der Waals surface area contributed by atoms with Crippen LogP contribution >= 0.6 is 0 Å². The number of aliphatic hydroxyl groups is 4. The van der Waals surface area contributed by atoms with Crippen LogP contribution in [0.3, 0.4) is 0 Å². The summed E-state index contributed by atoms with van der Waals surface area (Å²) in [7, 11) is 0. The van der Waals surface area contributed by atoms with Crippen LogP contribution in [0.2, 0.25) is 0 Å². The van der Waals surface area contributed by atoms with E-state index < -0.39 is 112 Å². The van der Waals surface area contributed by atoms with Gasteiger partial charge in [-0.25, -0.2) is 14.4 Å². The van der Waals surface area contributed by atoms with Crippen LogP contribution in [-0.2, 0) is 38.1 Å². The minimum absolute atomic E-state index is 0.0637. The Labute approximate surface area is 336 Å². The largest absolute Gasteiger partial charge is 0.456 e. The second-order valence-corrected chi connectivity index (χ2v) is 17.6. The van der Waals surface area contributed by atoms with E-state index in [-0.39, 0.29) is 29.7 Å². The number of ether oxygens (including phenoxy) is 5. The molecule has 1 aliphatic heterocycles. The standard InChI is InChI=1S/C43H53NO14/c1-22-26(55-37(51)32(48)30(24-15-11-9-12-16-24)44-38(52)58-39(3,4)5)20-43(53)35(56-36(50)25-17-13-10-14-18-25)33-41(8,34(49)31(47)29(22)40(43,6)7)27(46)19-28-42(33,21-54-28)57-23(2)45/h9-18,26-28,30-33,35,46-48,53H,19-21H2,1-8H3,(H,44,52)/t26-,27-,28+,30-,31+,32?,33-,35?,41+,42-,43-/m0/s1. The highest BCUT2D eigenvalue weighted by molar-refractivity contribution is 5.94. The first-order chi connectivity index (χ1) is 27.0.